The van der Waals surface area contributed by atoms with Crippen LogP contribution in [0.5, 0.6) is 0 Å². The monoisotopic (exact) mass is 461 g/mol. The number of anilines is 1. The minimum absolute atomic E-state index is 0.0152. The summed E-state index contributed by atoms with van der Waals surface area (Å²) in [5.74, 6) is -2.09. The normalized spacial score (nSPS) is 14.5. The number of amides is 1. The maximum Gasteiger partial charge on any atom is 0.350 e. The van der Waals surface area contributed by atoms with Crippen molar-refractivity contribution >= 4 is 50.7 Å². The molecule has 0 spiro atoms. The van der Waals surface area contributed by atoms with Crippen LogP contribution in [0.15, 0.2) is 30.3 Å². The van der Waals surface area contributed by atoms with Crippen molar-refractivity contribution in [2.24, 2.45) is 0 Å². The molecule has 1 aromatic carbocycles. The molecule has 0 aliphatic carbocycles. The number of nitrogens with zero attached hydrogens (tertiary/aromatic N) is 2. The van der Waals surface area contributed by atoms with Gasteiger partial charge in [-0.1, -0.05) is 24.1 Å². The van der Waals surface area contributed by atoms with Gasteiger partial charge in [-0.3, -0.25) is 9.69 Å². The van der Waals surface area contributed by atoms with Crippen LogP contribution < -0.4 is 5.32 Å². The summed E-state index contributed by atoms with van der Waals surface area (Å²) in [5, 5.41) is 3.22. The maximum absolute atomic E-state index is 14.2. The molecule has 0 unspecified atom stereocenters. The van der Waals surface area contributed by atoms with Gasteiger partial charge < -0.3 is 10.1 Å². The highest BCUT2D eigenvalue weighted by Gasteiger charge is 2.24. The number of pyridine rings is 1. The number of nitrogens with one attached hydrogen (secondary N) is 1. The second-order valence-electron chi connectivity index (χ2n) is 7.34. The zero-order valence-corrected chi connectivity index (χ0v) is 18.5. The molecule has 1 aliphatic heterocycles. The third kappa shape index (κ3) is 4.56. The summed E-state index contributed by atoms with van der Waals surface area (Å²) in [6.45, 7) is 2.82. The number of hydrogen-bond donors (Lipinski definition) is 1. The quantitative estimate of drug-likeness (QED) is 0.534. The van der Waals surface area contributed by atoms with Gasteiger partial charge in [-0.15, -0.1) is 11.3 Å². The summed E-state index contributed by atoms with van der Waals surface area (Å²) >= 11 is 7.15. The van der Waals surface area contributed by atoms with Gasteiger partial charge in [-0.25, -0.2) is 14.2 Å². The van der Waals surface area contributed by atoms with E-state index >= 15 is 0 Å². The van der Waals surface area contributed by atoms with Crippen molar-refractivity contribution in [3.8, 4) is 0 Å². The molecule has 162 valence electrons. The Bertz CT molecular complexity index is 1120. The van der Waals surface area contributed by atoms with E-state index in [-0.39, 0.29) is 21.2 Å². The number of benzene rings is 1. The standard InChI is InChI=1S/C22H21ClFN3O3S/c1-30-22(29)19-18(26-20(28)17-15(23)6-5-7-16(17)24)14-9-8-13(25-21(14)31-19)12-27-10-3-2-4-11-27/h5-9H,2-4,10-12H2,1H3,(H,26,28). The van der Waals surface area contributed by atoms with E-state index in [1.54, 1.807) is 0 Å². The number of ether oxygens (including phenoxy) is 1. The Balaban J connectivity index is 1.69. The van der Waals surface area contributed by atoms with Crippen LogP contribution in [0.3, 0.4) is 0 Å². The summed E-state index contributed by atoms with van der Waals surface area (Å²) in [7, 11) is 1.27. The highest BCUT2D eigenvalue weighted by atomic mass is 35.5. The van der Waals surface area contributed by atoms with Gasteiger partial charge >= 0.3 is 5.97 Å². The number of carbonyl (C=O) groups excluding carboxylic acids is 2. The van der Waals surface area contributed by atoms with Crippen LogP contribution in [0.25, 0.3) is 10.2 Å². The van der Waals surface area contributed by atoms with E-state index in [9.17, 15) is 14.0 Å². The predicted molar refractivity (Wildman–Crippen MR) is 119 cm³/mol. The molecule has 9 heteroatoms. The summed E-state index contributed by atoms with van der Waals surface area (Å²) in [4.78, 5) is 33.0. The number of rotatable bonds is 5. The van der Waals surface area contributed by atoms with Crippen LogP contribution in [0, 0.1) is 5.82 Å². The smallest absolute Gasteiger partial charge is 0.350 e. The first-order valence-corrected chi connectivity index (χ1v) is 11.2. The number of esters is 1. The molecule has 4 rings (SSSR count). The highest BCUT2D eigenvalue weighted by molar-refractivity contribution is 7.21. The van der Waals surface area contributed by atoms with E-state index < -0.39 is 17.7 Å². The largest absolute Gasteiger partial charge is 0.465 e. The first kappa shape index (κ1) is 21.7. The van der Waals surface area contributed by atoms with E-state index in [1.165, 1.54) is 38.5 Å². The second kappa shape index (κ2) is 9.30. The van der Waals surface area contributed by atoms with Gasteiger partial charge in [-0.05, 0) is 50.2 Å². The van der Waals surface area contributed by atoms with Crippen molar-refractivity contribution in [1.29, 1.82) is 0 Å². The number of hydrogen-bond acceptors (Lipinski definition) is 6. The Morgan fingerprint density at radius 1 is 1.23 bits per heavy atom. The van der Waals surface area contributed by atoms with Crippen molar-refractivity contribution in [1.82, 2.24) is 9.88 Å². The van der Waals surface area contributed by atoms with Crippen molar-refractivity contribution in [2.45, 2.75) is 25.8 Å². The minimum Gasteiger partial charge on any atom is -0.465 e. The van der Waals surface area contributed by atoms with Crippen LogP contribution in [-0.2, 0) is 11.3 Å². The number of carbonyl (C=O) groups is 2. The summed E-state index contributed by atoms with van der Waals surface area (Å²) in [6, 6.07) is 7.71. The Morgan fingerprint density at radius 2 is 2.00 bits per heavy atom. The second-order valence-corrected chi connectivity index (χ2v) is 8.75. The summed E-state index contributed by atoms with van der Waals surface area (Å²) < 4.78 is 19.1. The summed E-state index contributed by atoms with van der Waals surface area (Å²) in [6.07, 6.45) is 3.62. The molecule has 0 radical (unpaired) electrons. The predicted octanol–water partition coefficient (Wildman–Crippen LogP) is 5.11. The number of piperidine rings is 1. The number of methoxy groups -OCH3 is 1. The van der Waals surface area contributed by atoms with Crippen LogP contribution >= 0.6 is 22.9 Å². The lowest BCUT2D eigenvalue weighted by atomic mass is 10.1. The molecule has 3 heterocycles. The molecule has 1 aliphatic rings. The highest BCUT2D eigenvalue weighted by Crippen LogP contribution is 2.36. The molecule has 2 aromatic heterocycles. The van der Waals surface area contributed by atoms with Crippen molar-refractivity contribution in [3.05, 3.63) is 57.3 Å². The van der Waals surface area contributed by atoms with Crippen LogP contribution in [-0.4, -0.2) is 42.0 Å². The van der Waals surface area contributed by atoms with Crippen molar-refractivity contribution in [3.63, 3.8) is 0 Å². The molecular formula is C22H21ClFN3O3S. The molecule has 3 aromatic rings. The topological polar surface area (TPSA) is 71.5 Å². The van der Waals surface area contributed by atoms with Gasteiger partial charge in [0, 0.05) is 11.9 Å². The van der Waals surface area contributed by atoms with Gasteiger partial charge in [0.15, 0.2) is 0 Å². The van der Waals surface area contributed by atoms with Gasteiger partial charge in [-0.2, -0.15) is 0 Å². The van der Waals surface area contributed by atoms with Crippen LogP contribution in [0.2, 0.25) is 5.02 Å². The molecule has 0 atom stereocenters. The SMILES string of the molecule is COC(=O)c1sc2nc(CN3CCCCC3)ccc2c1NC(=O)c1c(F)cccc1Cl. The Kier molecular flexibility index (Phi) is 6.50. The first-order valence-electron chi connectivity index (χ1n) is 9.96. The molecule has 0 saturated carbocycles. The van der Waals surface area contributed by atoms with Crippen molar-refractivity contribution < 1.29 is 18.7 Å². The fourth-order valence-electron chi connectivity index (χ4n) is 3.70. The van der Waals surface area contributed by atoms with Gasteiger partial charge in [0.2, 0.25) is 0 Å². The number of fused-ring (bicyclic) bond motifs is 1. The molecule has 6 nitrogen and oxygen atoms in total. The number of halogens is 2. The molecule has 1 saturated heterocycles. The first-order chi connectivity index (χ1) is 15.0. The maximum atomic E-state index is 14.2. The zero-order valence-electron chi connectivity index (χ0n) is 16.9. The van der Waals surface area contributed by atoms with Crippen LogP contribution in [0.4, 0.5) is 10.1 Å². The minimum atomic E-state index is -0.745. The van der Waals surface area contributed by atoms with Gasteiger partial charge in [0.25, 0.3) is 5.91 Å². The van der Waals surface area contributed by atoms with Crippen LogP contribution in [0.1, 0.15) is 45.0 Å². The number of likely N-dealkylation sites (tertiary alicyclic amines) is 1. The Morgan fingerprint density at radius 3 is 2.71 bits per heavy atom. The van der Waals surface area contributed by atoms with Crippen molar-refractivity contribution in [2.75, 3.05) is 25.5 Å². The Labute approximate surface area is 188 Å². The average molecular weight is 462 g/mol. The fraction of sp³-hybridized carbons (Fsp3) is 0.318. The van der Waals surface area contributed by atoms with E-state index in [0.29, 0.717) is 10.2 Å². The van der Waals surface area contributed by atoms with E-state index in [4.69, 9.17) is 21.3 Å². The lowest BCUT2D eigenvalue weighted by molar-refractivity contribution is 0.0607. The third-order valence-electron chi connectivity index (χ3n) is 5.25. The van der Waals surface area contributed by atoms with E-state index in [1.807, 2.05) is 12.1 Å². The molecule has 1 N–H and O–H groups in total. The van der Waals surface area contributed by atoms with Gasteiger partial charge in [0.05, 0.1) is 29.1 Å². The number of aromatic nitrogens is 1. The van der Waals surface area contributed by atoms with Gasteiger partial charge in [0.1, 0.15) is 15.5 Å². The average Bonchev–Trinajstić information content (AvgIpc) is 3.11. The third-order valence-corrected chi connectivity index (χ3v) is 6.64. The molecular weight excluding hydrogens is 441 g/mol. The molecule has 1 fully saturated rings. The molecule has 1 amide bonds. The summed E-state index contributed by atoms with van der Waals surface area (Å²) in [5.41, 5.74) is 0.851. The van der Waals surface area contributed by atoms with E-state index in [2.05, 4.69) is 10.2 Å². The molecule has 0 bridgehead atoms. The number of thiophene rings is 1. The van der Waals surface area contributed by atoms with E-state index in [0.717, 1.165) is 42.7 Å². The Hall–Kier alpha value is -2.55. The lowest BCUT2D eigenvalue weighted by Crippen LogP contribution is -2.29. The lowest BCUT2D eigenvalue weighted by Gasteiger charge is -2.25. The fourth-order valence-corrected chi connectivity index (χ4v) is 5.02. The zero-order chi connectivity index (χ0) is 22.0. The molecule has 31 heavy (non-hydrogen) atoms.